The molecule has 0 aliphatic rings. The summed E-state index contributed by atoms with van der Waals surface area (Å²) in [5, 5.41) is 2.74. The second kappa shape index (κ2) is 16.0. The van der Waals surface area contributed by atoms with Crippen molar-refractivity contribution in [2.24, 2.45) is 5.92 Å². The van der Waals surface area contributed by atoms with E-state index in [1.54, 1.807) is 24.3 Å². The minimum Gasteiger partial charge on any atom is -0.464 e. The Balaban J connectivity index is 2.05. The molecule has 0 amide bonds. The summed E-state index contributed by atoms with van der Waals surface area (Å²) < 4.78 is 24.2. The number of hydrogen-bond acceptors (Lipinski definition) is 4. The molecule has 0 radical (unpaired) electrons. The van der Waals surface area contributed by atoms with Crippen molar-refractivity contribution < 1.29 is 18.6 Å². The summed E-state index contributed by atoms with van der Waals surface area (Å²) in [6, 6.07) is 17.3. The highest BCUT2D eigenvalue weighted by molar-refractivity contribution is 7.84. The Hall–Kier alpha value is -1.81. The zero-order valence-corrected chi connectivity index (χ0v) is 22.1. The molecular formula is C27H39ClNO4P. The van der Waals surface area contributed by atoms with Crippen LogP contribution in [-0.2, 0) is 20.5 Å². The molecule has 5 nitrogen and oxygen atoms in total. The SMILES string of the molecule is CCCCCC(CCCCC)COC(=O)[C@H](Cc1ccccc1)NP(=O)(Cl)Oc1ccccc1. The van der Waals surface area contributed by atoms with Gasteiger partial charge in [-0.25, -0.2) is 9.65 Å². The average molecular weight is 508 g/mol. The van der Waals surface area contributed by atoms with E-state index in [1.165, 1.54) is 12.8 Å². The maximum absolute atomic E-state index is 13.1. The highest BCUT2D eigenvalue weighted by Crippen LogP contribution is 2.48. The van der Waals surface area contributed by atoms with Gasteiger partial charge in [-0.15, -0.1) is 0 Å². The lowest BCUT2D eigenvalue weighted by Crippen LogP contribution is -2.38. The van der Waals surface area contributed by atoms with Gasteiger partial charge in [0.25, 0.3) is 0 Å². The van der Waals surface area contributed by atoms with Gasteiger partial charge in [0.05, 0.1) is 6.61 Å². The second-order valence-electron chi connectivity index (χ2n) is 8.74. The number of rotatable bonds is 17. The van der Waals surface area contributed by atoms with Crippen molar-refractivity contribution in [2.75, 3.05) is 6.61 Å². The van der Waals surface area contributed by atoms with Crippen LogP contribution < -0.4 is 9.61 Å². The lowest BCUT2D eigenvalue weighted by atomic mass is 9.96. The minimum absolute atomic E-state index is 0.296. The molecular weight excluding hydrogens is 469 g/mol. The number of para-hydroxylation sites is 1. The lowest BCUT2D eigenvalue weighted by molar-refractivity contribution is -0.147. The smallest absolute Gasteiger partial charge is 0.409 e. The van der Waals surface area contributed by atoms with Crippen molar-refractivity contribution in [1.29, 1.82) is 0 Å². The van der Waals surface area contributed by atoms with E-state index in [0.29, 0.717) is 24.7 Å². The van der Waals surface area contributed by atoms with E-state index in [2.05, 4.69) is 18.9 Å². The summed E-state index contributed by atoms with van der Waals surface area (Å²) >= 11 is 6.22. The standard InChI is InChI=1S/C27H39ClNO4P/c1-3-5-9-17-24(18-10-6-4-2)22-32-27(30)26(21-23-15-11-7-12-16-23)29-34(28,31)33-25-19-13-8-14-20-25/h7-8,11-16,19-20,24,26H,3-6,9-10,17-18,21-22H2,1-2H3,(H,29,31)/t26-,34?/m0/s1. The highest BCUT2D eigenvalue weighted by atomic mass is 35.7. The number of hydrogen-bond donors (Lipinski definition) is 1. The molecule has 0 aliphatic heterocycles. The molecule has 0 heterocycles. The van der Waals surface area contributed by atoms with Gasteiger partial charge in [0, 0.05) is 11.2 Å². The van der Waals surface area contributed by atoms with Crippen molar-refractivity contribution in [2.45, 2.75) is 77.7 Å². The summed E-state index contributed by atoms with van der Waals surface area (Å²) in [5.41, 5.74) is 0.913. The summed E-state index contributed by atoms with van der Waals surface area (Å²) in [7, 11) is 0. The topological polar surface area (TPSA) is 64.6 Å². The van der Waals surface area contributed by atoms with Crippen LogP contribution in [0.1, 0.15) is 70.8 Å². The van der Waals surface area contributed by atoms with Crippen LogP contribution >= 0.6 is 18.1 Å². The Morgan fingerprint density at radius 1 is 0.912 bits per heavy atom. The quantitative estimate of drug-likeness (QED) is 0.134. The first-order valence-electron chi connectivity index (χ1n) is 12.5. The van der Waals surface area contributed by atoms with E-state index in [-0.39, 0.29) is 0 Å². The predicted molar refractivity (Wildman–Crippen MR) is 140 cm³/mol. The van der Waals surface area contributed by atoms with Gasteiger partial charge >= 0.3 is 12.8 Å². The Labute approximate surface area is 209 Å². The number of unbranched alkanes of at least 4 members (excludes halogenated alkanes) is 4. The van der Waals surface area contributed by atoms with E-state index in [0.717, 1.165) is 44.1 Å². The Morgan fingerprint density at radius 3 is 2.03 bits per heavy atom. The number of nitrogens with one attached hydrogen (secondary N) is 1. The first kappa shape index (κ1) is 28.4. The summed E-state index contributed by atoms with van der Waals surface area (Å²) in [6.07, 6.45) is 9.36. The van der Waals surface area contributed by atoms with Crippen LogP contribution in [-0.4, -0.2) is 18.6 Å². The maximum atomic E-state index is 13.1. The molecule has 1 N–H and O–H groups in total. The van der Waals surface area contributed by atoms with Crippen LogP contribution in [0.2, 0.25) is 0 Å². The van der Waals surface area contributed by atoms with Crippen LogP contribution in [0.15, 0.2) is 60.7 Å². The van der Waals surface area contributed by atoms with Crippen LogP contribution in [0.25, 0.3) is 0 Å². The fourth-order valence-electron chi connectivity index (χ4n) is 3.84. The van der Waals surface area contributed by atoms with E-state index in [4.69, 9.17) is 20.5 Å². The number of benzene rings is 2. The summed E-state index contributed by atoms with van der Waals surface area (Å²) in [4.78, 5) is 13.1. The maximum Gasteiger partial charge on any atom is 0.409 e. The molecule has 34 heavy (non-hydrogen) atoms. The number of ether oxygens (including phenoxy) is 1. The minimum atomic E-state index is -3.83. The third-order valence-electron chi connectivity index (χ3n) is 5.74. The molecule has 188 valence electrons. The van der Waals surface area contributed by atoms with Crippen LogP contribution in [0, 0.1) is 5.92 Å². The van der Waals surface area contributed by atoms with Crippen molar-refractivity contribution >= 4 is 24.1 Å². The molecule has 0 saturated heterocycles. The van der Waals surface area contributed by atoms with Gasteiger partial charge < -0.3 is 9.26 Å². The van der Waals surface area contributed by atoms with E-state index in [9.17, 15) is 9.36 Å². The highest BCUT2D eigenvalue weighted by Gasteiger charge is 2.31. The normalized spacial score (nSPS) is 13.9. The average Bonchev–Trinajstić information content (AvgIpc) is 2.82. The van der Waals surface area contributed by atoms with Gasteiger partial charge in [-0.1, -0.05) is 101 Å². The van der Waals surface area contributed by atoms with Gasteiger partial charge in [0.1, 0.15) is 11.8 Å². The van der Waals surface area contributed by atoms with Gasteiger partial charge in [-0.05, 0) is 42.9 Å². The molecule has 2 aromatic rings. The number of carbonyl (C=O) groups excluding carboxylic acids is 1. The zero-order chi connectivity index (χ0) is 24.7. The van der Waals surface area contributed by atoms with Gasteiger partial charge in [-0.3, -0.25) is 4.79 Å². The Bertz CT molecular complexity index is 855. The first-order chi connectivity index (χ1) is 16.4. The van der Waals surface area contributed by atoms with E-state index >= 15 is 0 Å². The molecule has 0 saturated carbocycles. The molecule has 0 spiro atoms. The molecule has 1 unspecified atom stereocenters. The lowest BCUT2D eigenvalue weighted by Gasteiger charge is -2.23. The van der Waals surface area contributed by atoms with Crippen LogP contribution in [0.4, 0.5) is 0 Å². The number of esters is 1. The van der Waals surface area contributed by atoms with Crippen LogP contribution in [0.3, 0.4) is 0 Å². The molecule has 2 rings (SSSR count). The number of halogens is 1. The van der Waals surface area contributed by atoms with E-state index < -0.39 is 18.9 Å². The molecule has 0 aliphatic carbocycles. The van der Waals surface area contributed by atoms with E-state index in [1.807, 2.05) is 36.4 Å². The van der Waals surface area contributed by atoms with Crippen molar-refractivity contribution in [3.63, 3.8) is 0 Å². The fraction of sp³-hybridized carbons (Fsp3) is 0.519. The molecule has 0 bridgehead atoms. The summed E-state index contributed by atoms with van der Waals surface area (Å²) in [6.45, 7) is 0.912. The van der Waals surface area contributed by atoms with Gasteiger partial charge in [0.15, 0.2) is 0 Å². The van der Waals surface area contributed by atoms with Crippen LogP contribution in [0.5, 0.6) is 5.75 Å². The third kappa shape index (κ3) is 11.6. The Morgan fingerprint density at radius 2 is 1.47 bits per heavy atom. The molecule has 2 atom stereocenters. The van der Waals surface area contributed by atoms with Crippen molar-refractivity contribution in [1.82, 2.24) is 5.09 Å². The molecule has 7 heteroatoms. The monoisotopic (exact) mass is 507 g/mol. The Kier molecular flexibility index (Phi) is 13.4. The van der Waals surface area contributed by atoms with Crippen molar-refractivity contribution in [3.05, 3.63) is 66.2 Å². The zero-order valence-electron chi connectivity index (χ0n) is 20.5. The predicted octanol–water partition coefficient (Wildman–Crippen LogP) is 7.93. The second-order valence-corrected chi connectivity index (χ2v) is 11.5. The largest absolute Gasteiger partial charge is 0.464 e. The first-order valence-corrected chi connectivity index (χ1v) is 15.0. The van der Waals surface area contributed by atoms with Gasteiger partial charge in [-0.2, -0.15) is 0 Å². The molecule has 0 aromatic heterocycles. The molecule has 2 aromatic carbocycles. The number of carbonyl (C=O) groups is 1. The van der Waals surface area contributed by atoms with Gasteiger partial charge in [0.2, 0.25) is 0 Å². The van der Waals surface area contributed by atoms with Crippen molar-refractivity contribution in [3.8, 4) is 5.75 Å². The molecule has 0 fully saturated rings. The summed E-state index contributed by atoms with van der Waals surface area (Å²) in [5.74, 6) is 0.243. The third-order valence-corrected chi connectivity index (χ3v) is 7.30. The fourth-order valence-corrected chi connectivity index (χ4v) is 5.45.